The van der Waals surface area contributed by atoms with Gasteiger partial charge in [0.2, 0.25) is 0 Å². The van der Waals surface area contributed by atoms with Crippen molar-refractivity contribution in [3.63, 3.8) is 0 Å². The molecule has 0 aliphatic heterocycles. The maximum Gasteiger partial charge on any atom is 0.143 e. The quantitative estimate of drug-likeness (QED) is 0.823. The van der Waals surface area contributed by atoms with Crippen LogP contribution in [0.3, 0.4) is 0 Å². The van der Waals surface area contributed by atoms with Crippen molar-refractivity contribution >= 4 is 40.8 Å². The molecule has 1 heterocycles. The third-order valence-electron chi connectivity index (χ3n) is 1.74. The van der Waals surface area contributed by atoms with Crippen molar-refractivity contribution < 1.29 is 5.11 Å². The summed E-state index contributed by atoms with van der Waals surface area (Å²) in [4.78, 5) is 4.07. The summed E-state index contributed by atoms with van der Waals surface area (Å²) in [5, 5.41) is 10.4. The van der Waals surface area contributed by atoms with E-state index >= 15 is 0 Å². The lowest BCUT2D eigenvalue weighted by molar-refractivity contribution is 0.250. The molecule has 0 amide bonds. The van der Waals surface area contributed by atoms with Gasteiger partial charge in [-0.1, -0.05) is 30.1 Å². The van der Waals surface area contributed by atoms with Gasteiger partial charge in [0.25, 0.3) is 0 Å². The molecule has 3 nitrogen and oxygen atoms in total. The minimum atomic E-state index is 0.147. The number of nitrogens with two attached hydrogens (primary N) is 1. The van der Waals surface area contributed by atoms with Crippen LogP contribution in [0.2, 0.25) is 10.0 Å². The minimum Gasteiger partial charge on any atom is -0.396 e. The Bertz CT molecular complexity index is 349. The van der Waals surface area contributed by atoms with Crippen molar-refractivity contribution in [2.45, 2.75) is 11.9 Å². The SMILES string of the molecule is CC(CO)CSc1nc(N)c(Cl)cc1Cl. The number of nitrogen functional groups attached to an aromatic ring is 1. The van der Waals surface area contributed by atoms with Crippen molar-refractivity contribution in [2.24, 2.45) is 5.92 Å². The first-order chi connectivity index (χ1) is 7.04. The predicted molar refractivity (Wildman–Crippen MR) is 65.6 cm³/mol. The van der Waals surface area contributed by atoms with Crippen molar-refractivity contribution in [1.82, 2.24) is 4.98 Å². The molecule has 1 rings (SSSR count). The van der Waals surface area contributed by atoms with E-state index in [9.17, 15) is 0 Å². The van der Waals surface area contributed by atoms with Gasteiger partial charge in [-0.2, -0.15) is 0 Å². The fraction of sp³-hybridized carbons (Fsp3) is 0.444. The molecule has 1 atom stereocenters. The monoisotopic (exact) mass is 266 g/mol. The third kappa shape index (κ3) is 3.72. The lowest BCUT2D eigenvalue weighted by atomic mass is 10.2. The smallest absolute Gasteiger partial charge is 0.143 e. The van der Waals surface area contributed by atoms with Gasteiger partial charge in [0.05, 0.1) is 10.0 Å². The second kappa shape index (κ2) is 5.80. The van der Waals surface area contributed by atoms with Crippen LogP contribution in [0, 0.1) is 5.92 Å². The number of halogens is 2. The van der Waals surface area contributed by atoms with Gasteiger partial charge in [0.1, 0.15) is 10.8 Å². The van der Waals surface area contributed by atoms with Crippen LogP contribution in [0.1, 0.15) is 6.92 Å². The Morgan fingerprint density at radius 1 is 1.53 bits per heavy atom. The molecule has 0 radical (unpaired) electrons. The molecule has 0 aliphatic rings. The topological polar surface area (TPSA) is 59.1 Å². The Kier molecular flexibility index (Phi) is 4.99. The van der Waals surface area contributed by atoms with Gasteiger partial charge in [-0.25, -0.2) is 4.98 Å². The Morgan fingerprint density at radius 2 is 2.20 bits per heavy atom. The van der Waals surface area contributed by atoms with Crippen LogP contribution in [0.4, 0.5) is 5.82 Å². The lowest BCUT2D eigenvalue weighted by Crippen LogP contribution is -2.04. The fourth-order valence-electron chi connectivity index (χ4n) is 0.838. The number of pyridine rings is 1. The second-order valence-electron chi connectivity index (χ2n) is 3.24. The standard InChI is InChI=1S/C9H12Cl2N2OS/c1-5(3-14)4-15-9-7(11)2-6(10)8(12)13-9/h2,5,14H,3-4H2,1H3,(H2,12,13). The maximum atomic E-state index is 8.87. The number of aromatic nitrogens is 1. The largest absolute Gasteiger partial charge is 0.396 e. The minimum absolute atomic E-state index is 0.147. The van der Waals surface area contributed by atoms with E-state index in [1.807, 2.05) is 6.92 Å². The number of hydrogen-bond donors (Lipinski definition) is 2. The van der Waals surface area contributed by atoms with E-state index in [2.05, 4.69) is 4.98 Å². The molecule has 1 aromatic rings. The van der Waals surface area contributed by atoms with Crippen molar-refractivity contribution in [3.05, 3.63) is 16.1 Å². The van der Waals surface area contributed by atoms with Gasteiger partial charge in [0.15, 0.2) is 0 Å². The number of thioether (sulfide) groups is 1. The average molecular weight is 267 g/mol. The molecule has 0 bridgehead atoms. The summed E-state index contributed by atoms with van der Waals surface area (Å²) in [5.41, 5.74) is 5.56. The number of rotatable bonds is 4. The zero-order chi connectivity index (χ0) is 11.4. The molecule has 1 aromatic heterocycles. The van der Waals surface area contributed by atoms with Crippen LogP contribution in [0.25, 0.3) is 0 Å². The van der Waals surface area contributed by atoms with Crippen LogP contribution in [0.15, 0.2) is 11.1 Å². The molecule has 0 aromatic carbocycles. The number of aliphatic hydroxyl groups excluding tert-OH is 1. The zero-order valence-corrected chi connectivity index (χ0v) is 10.5. The average Bonchev–Trinajstić information content (AvgIpc) is 2.21. The van der Waals surface area contributed by atoms with Gasteiger partial charge in [0, 0.05) is 12.4 Å². The fourth-order valence-corrected chi connectivity index (χ4v) is 2.27. The Morgan fingerprint density at radius 3 is 2.80 bits per heavy atom. The highest BCUT2D eigenvalue weighted by Gasteiger charge is 2.09. The highest BCUT2D eigenvalue weighted by atomic mass is 35.5. The summed E-state index contributed by atoms with van der Waals surface area (Å²) >= 11 is 13.2. The van der Waals surface area contributed by atoms with Crippen molar-refractivity contribution in [1.29, 1.82) is 0 Å². The van der Waals surface area contributed by atoms with Crippen LogP contribution in [-0.4, -0.2) is 22.5 Å². The molecule has 0 fully saturated rings. The Balaban J connectivity index is 2.73. The summed E-state index contributed by atoms with van der Waals surface area (Å²) in [6.45, 7) is 2.09. The van der Waals surface area contributed by atoms with Gasteiger partial charge in [-0.15, -0.1) is 11.8 Å². The highest BCUT2D eigenvalue weighted by Crippen LogP contribution is 2.31. The van der Waals surface area contributed by atoms with Crippen LogP contribution < -0.4 is 5.73 Å². The van der Waals surface area contributed by atoms with E-state index in [0.717, 1.165) is 5.75 Å². The molecule has 0 saturated heterocycles. The highest BCUT2D eigenvalue weighted by molar-refractivity contribution is 7.99. The van der Waals surface area contributed by atoms with E-state index in [-0.39, 0.29) is 18.3 Å². The molecule has 6 heteroatoms. The van der Waals surface area contributed by atoms with Crippen LogP contribution in [0.5, 0.6) is 0 Å². The summed E-state index contributed by atoms with van der Waals surface area (Å²) in [5.74, 6) is 1.22. The molecule has 0 spiro atoms. The van der Waals surface area contributed by atoms with Gasteiger partial charge < -0.3 is 10.8 Å². The number of nitrogens with zero attached hydrogens (tertiary/aromatic N) is 1. The molecule has 0 aliphatic carbocycles. The summed E-state index contributed by atoms with van der Waals surface area (Å²) in [7, 11) is 0. The predicted octanol–water partition coefficient (Wildman–Crippen LogP) is 2.69. The molecule has 15 heavy (non-hydrogen) atoms. The van der Waals surface area contributed by atoms with Crippen LogP contribution >= 0.6 is 35.0 Å². The first-order valence-corrected chi connectivity index (χ1v) is 6.14. The Hall–Kier alpha value is -0.160. The lowest BCUT2D eigenvalue weighted by Gasteiger charge is -2.08. The summed E-state index contributed by atoms with van der Waals surface area (Å²) in [6.07, 6.45) is 0. The van der Waals surface area contributed by atoms with E-state index < -0.39 is 0 Å². The van der Waals surface area contributed by atoms with Gasteiger partial charge in [-0.05, 0) is 12.0 Å². The summed E-state index contributed by atoms with van der Waals surface area (Å²) in [6, 6.07) is 1.58. The molecule has 1 unspecified atom stereocenters. The van der Waals surface area contributed by atoms with E-state index in [1.54, 1.807) is 6.07 Å². The number of aliphatic hydroxyl groups is 1. The normalized spacial score (nSPS) is 12.8. The van der Waals surface area contributed by atoms with Crippen molar-refractivity contribution in [2.75, 3.05) is 18.1 Å². The maximum absolute atomic E-state index is 8.87. The van der Waals surface area contributed by atoms with E-state index in [1.165, 1.54) is 11.8 Å². The number of anilines is 1. The first-order valence-electron chi connectivity index (χ1n) is 4.39. The van der Waals surface area contributed by atoms with Gasteiger partial charge >= 0.3 is 0 Å². The molecule has 3 N–H and O–H groups in total. The molecular formula is C9H12Cl2N2OS. The van der Waals surface area contributed by atoms with E-state index in [0.29, 0.717) is 15.1 Å². The first kappa shape index (κ1) is 12.9. The third-order valence-corrected chi connectivity index (χ3v) is 3.76. The van der Waals surface area contributed by atoms with Crippen molar-refractivity contribution in [3.8, 4) is 0 Å². The second-order valence-corrected chi connectivity index (χ2v) is 5.06. The van der Waals surface area contributed by atoms with Gasteiger partial charge in [-0.3, -0.25) is 0 Å². The Labute approximate surface area is 103 Å². The number of hydrogen-bond acceptors (Lipinski definition) is 4. The molecule has 84 valence electrons. The molecule has 0 saturated carbocycles. The van der Waals surface area contributed by atoms with E-state index in [4.69, 9.17) is 34.0 Å². The molecular weight excluding hydrogens is 255 g/mol. The zero-order valence-electron chi connectivity index (χ0n) is 8.20. The van der Waals surface area contributed by atoms with Crippen LogP contribution in [-0.2, 0) is 0 Å². The summed E-state index contributed by atoms with van der Waals surface area (Å²) < 4.78 is 0.